The minimum atomic E-state index is -0.644. The topological polar surface area (TPSA) is 86.8 Å². The van der Waals surface area contributed by atoms with E-state index in [0.717, 1.165) is 0 Å². The second-order valence-corrected chi connectivity index (χ2v) is 5.52. The first kappa shape index (κ1) is 17.2. The van der Waals surface area contributed by atoms with Crippen LogP contribution in [0.2, 0.25) is 0 Å². The van der Waals surface area contributed by atoms with Crippen molar-refractivity contribution in [1.82, 2.24) is 10.3 Å². The molecular weight excluding hydrogens is 300 g/mol. The lowest BCUT2D eigenvalue weighted by Crippen LogP contribution is -2.50. The second kappa shape index (κ2) is 8.47. The van der Waals surface area contributed by atoms with Crippen LogP contribution in [0.25, 0.3) is 0 Å². The van der Waals surface area contributed by atoms with E-state index in [1.807, 2.05) is 6.07 Å². The summed E-state index contributed by atoms with van der Waals surface area (Å²) in [5.74, 6) is 0.212. The number of carbonyl (C=O) groups is 2. The number of hydrogen-bond acceptors (Lipinski definition) is 6. The molecule has 126 valence electrons. The minimum Gasteiger partial charge on any atom is -0.492 e. The monoisotopic (exact) mass is 322 g/mol. The van der Waals surface area contributed by atoms with Crippen LogP contribution in [0.15, 0.2) is 24.5 Å². The lowest BCUT2D eigenvalue weighted by Gasteiger charge is -2.27. The van der Waals surface area contributed by atoms with Crippen LogP contribution in [0.1, 0.15) is 25.7 Å². The molecule has 23 heavy (non-hydrogen) atoms. The highest BCUT2D eigenvalue weighted by Gasteiger charge is 2.38. The number of rotatable bonds is 8. The zero-order valence-electron chi connectivity index (χ0n) is 13.2. The van der Waals surface area contributed by atoms with Crippen LogP contribution in [0, 0.1) is 0 Å². The molecule has 1 aliphatic rings. The number of esters is 1. The van der Waals surface area contributed by atoms with Gasteiger partial charge in [-0.2, -0.15) is 0 Å². The van der Waals surface area contributed by atoms with Gasteiger partial charge >= 0.3 is 5.97 Å². The highest BCUT2D eigenvalue weighted by Crippen LogP contribution is 2.23. The number of pyridine rings is 1. The molecule has 1 aromatic heterocycles. The maximum Gasteiger partial charge on any atom is 0.307 e. The Morgan fingerprint density at radius 1 is 1.48 bits per heavy atom. The number of aromatic nitrogens is 1. The van der Waals surface area contributed by atoms with Gasteiger partial charge < -0.3 is 19.5 Å². The maximum atomic E-state index is 12.1. The van der Waals surface area contributed by atoms with Gasteiger partial charge in [0.1, 0.15) is 5.75 Å². The van der Waals surface area contributed by atoms with E-state index in [0.29, 0.717) is 44.8 Å². The molecule has 1 fully saturated rings. The van der Waals surface area contributed by atoms with Gasteiger partial charge in [-0.05, 0) is 25.0 Å². The Balaban J connectivity index is 1.73. The summed E-state index contributed by atoms with van der Waals surface area (Å²) in [6.07, 6.45) is 4.94. The second-order valence-electron chi connectivity index (χ2n) is 5.52. The highest BCUT2D eigenvalue weighted by molar-refractivity contribution is 5.78. The Morgan fingerprint density at radius 2 is 2.35 bits per heavy atom. The van der Waals surface area contributed by atoms with Crippen LogP contribution in [0.4, 0.5) is 0 Å². The molecule has 2 rings (SSSR count). The normalized spacial score (nSPS) is 20.0. The van der Waals surface area contributed by atoms with Gasteiger partial charge in [-0.25, -0.2) is 0 Å². The Bertz CT molecular complexity index is 514. The first-order chi connectivity index (χ1) is 11.1. The summed E-state index contributed by atoms with van der Waals surface area (Å²) in [6.45, 7) is 1.29. The van der Waals surface area contributed by atoms with Crippen molar-refractivity contribution in [2.45, 2.75) is 31.2 Å². The van der Waals surface area contributed by atoms with Crippen LogP contribution in [0.5, 0.6) is 5.75 Å². The van der Waals surface area contributed by atoms with E-state index < -0.39 is 5.54 Å². The zero-order valence-corrected chi connectivity index (χ0v) is 13.2. The smallest absolute Gasteiger partial charge is 0.307 e. The molecule has 1 aromatic rings. The molecule has 0 bridgehead atoms. The minimum absolute atomic E-state index is 0.116. The van der Waals surface area contributed by atoms with E-state index in [-0.39, 0.29) is 18.3 Å². The van der Waals surface area contributed by atoms with Crippen molar-refractivity contribution in [3.8, 4) is 5.75 Å². The molecule has 0 saturated carbocycles. The van der Waals surface area contributed by atoms with Gasteiger partial charge in [0.15, 0.2) is 0 Å². The first-order valence-corrected chi connectivity index (χ1v) is 7.62. The molecule has 0 spiro atoms. The van der Waals surface area contributed by atoms with Crippen molar-refractivity contribution in [2.75, 3.05) is 26.9 Å². The van der Waals surface area contributed by atoms with E-state index in [1.165, 1.54) is 7.11 Å². The molecule has 1 saturated heterocycles. The Hall–Kier alpha value is -2.15. The fourth-order valence-corrected chi connectivity index (χ4v) is 2.45. The number of ether oxygens (including phenoxy) is 3. The average Bonchev–Trinajstić information content (AvgIpc) is 3.00. The van der Waals surface area contributed by atoms with E-state index in [2.05, 4.69) is 10.3 Å². The van der Waals surface area contributed by atoms with Gasteiger partial charge in [0, 0.05) is 19.2 Å². The summed E-state index contributed by atoms with van der Waals surface area (Å²) in [7, 11) is 1.34. The standard InChI is InChI=1S/C16H22N2O5/c1-21-15(20)10-16(6-9-22-12-16)18-14(19)5-3-8-23-13-4-2-7-17-11-13/h2,4,7,11H,3,5-6,8-10,12H2,1H3,(H,18,19)/t16-/m1/s1. The molecule has 0 aromatic carbocycles. The molecule has 1 atom stereocenters. The molecule has 7 nitrogen and oxygen atoms in total. The highest BCUT2D eigenvalue weighted by atomic mass is 16.5. The van der Waals surface area contributed by atoms with Crippen LogP contribution in [-0.2, 0) is 19.1 Å². The van der Waals surface area contributed by atoms with Crippen LogP contribution < -0.4 is 10.1 Å². The number of hydrogen-bond donors (Lipinski definition) is 1. The molecule has 1 amide bonds. The SMILES string of the molecule is COC(=O)C[C@]1(NC(=O)CCCOc2cccnc2)CCOC1. The van der Waals surface area contributed by atoms with Crippen molar-refractivity contribution >= 4 is 11.9 Å². The Labute approximate surface area is 135 Å². The summed E-state index contributed by atoms with van der Waals surface area (Å²) < 4.78 is 15.5. The number of amides is 1. The van der Waals surface area contributed by atoms with Crippen molar-refractivity contribution in [1.29, 1.82) is 0 Å². The number of carbonyl (C=O) groups excluding carboxylic acids is 2. The first-order valence-electron chi connectivity index (χ1n) is 7.62. The number of methoxy groups -OCH3 is 1. The van der Waals surface area contributed by atoms with Crippen LogP contribution in [0.3, 0.4) is 0 Å². The molecule has 0 unspecified atom stereocenters. The van der Waals surface area contributed by atoms with Crippen molar-refractivity contribution in [3.63, 3.8) is 0 Å². The van der Waals surface area contributed by atoms with Crippen LogP contribution >= 0.6 is 0 Å². The van der Waals surface area contributed by atoms with E-state index in [4.69, 9.17) is 14.2 Å². The molecular formula is C16H22N2O5. The van der Waals surface area contributed by atoms with Crippen molar-refractivity contribution < 1.29 is 23.8 Å². The van der Waals surface area contributed by atoms with E-state index in [9.17, 15) is 9.59 Å². The Kier molecular flexibility index (Phi) is 6.34. The van der Waals surface area contributed by atoms with Gasteiger partial charge in [-0.3, -0.25) is 14.6 Å². The lowest BCUT2D eigenvalue weighted by atomic mass is 9.94. The summed E-state index contributed by atoms with van der Waals surface area (Å²) in [6, 6.07) is 3.60. The third-order valence-corrected chi connectivity index (χ3v) is 3.67. The summed E-state index contributed by atoms with van der Waals surface area (Å²) in [5.41, 5.74) is -0.644. The van der Waals surface area contributed by atoms with Crippen molar-refractivity contribution in [3.05, 3.63) is 24.5 Å². The molecule has 0 aliphatic carbocycles. The number of nitrogens with zero attached hydrogens (tertiary/aromatic N) is 1. The third-order valence-electron chi connectivity index (χ3n) is 3.67. The molecule has 7 heteroatoms. The zero-order chi connectivity index (χ0) is 16.5. The van der Waals surface area contributed by atoms with Gasteiger partial charge in [-0.1, -0.05) is 0 Å². The predicted octanol–water partition coefficient (Wildman–Crippen LogP) is 1.08. The Morgan fingerprint density at radius 3 is 3.00 bits per heavy atom. The van der Waals surface area contributed by atoms with Gasteiger partial charge in [-0.15, -0.1) is 0 Å². The molecule has 2 heterocycles. The largest absolute Gasteiger partial charge is 0.492 e. The summed E-state index contributed by atoms with van der Waals surface area (Å²) in [4.78, 5) is 27.6. The average molecular weight is 322 g/mol. The fraction of sp³-hybridized carbons (Fsp3) is 0.562. The van der Waals surface area contributed by atoms with Crippen molar-refractivity contribution in [2.24, 2.45) is 0 Å². The van der Waals surface area contributed by atoms with Gasteiger partial charge in [0.25, 0.3) is 0 Å². The molecule has 1 N–H and O–H groups in total. The fourth-order valence-electron chi connectivity index (χ4n) is 2.45. The van der Waals surface area contributed by atoms with E-state index >= 15 is 0 Å². The third kappa shape index (κ3) is 5.52. The summed E-state index contributed by atoms with van der Waals surface area (Å²) >= 11 is 0. The maximum absolute atomic E-state index is 12.1. The van der Waals surface area contributed by atoms with Crippen LogP contribution in [-0.4, -0.2) is 49.3 Å². The quantitative estimate of drug-likeness (QED) is 0.569. The molecule has 1 aliphatic heterocycles. The molecule has 0 radical (unpaired) electrons. The van der Waals surface area contributed by atoms with E-state index in [1.54, 1.807) is 18.5 Å². The summed E-state index contributed by atoms with van der Waals surface area (Å²) in [5, 5.41) is 2.92. The van der Waals surface area contributed by atoms with Gasteiger partial charge in [0.05, 0.1) is 38.5 Å². The number of nitrogens with one attached hydrogen (secondary N) is 1. The predicted molar refractivity (Wildman–Crippen MR) is 81.9 cm³/mol. The van der Waals surface area contributed by atoms with Gasteiger partial charge in [0.2, 0.25) is 5.91 Å². The lowest BCUT2D eigenvalue weighted by molar-refractivity contribution is -0.142.